The van der Waals surface area contributed by atoms with E-state index in [0.29, 0.717) is 24.2 Å². The van der Waals surface area contributed by atoms with Gasteiger partial charge in [0.25, 0.3) is 0 Å². The highest BCUT2D eigenvalue weighted by molar-refractivity contribution is 7.18. The summed E-state index contributed by atoms with van der Waals surface area (Å²) >= 11 is 1.82. The van der Waals surface area contributed by atoms with Crippen LogP contribution in [0.2, 0.25) is 0 Å². The average molecular weight is 376 g/mol. The summed E-state index contributed by atoms with van der Waals surface area (Å²) in [7, 11) is 0. The lowest BCUT2D eigenvalue weighted by molar-refractivity contribution is 0.177. The highest BCUT2D eigenvalue weighted by Gasteiger charge is 2.25. The van der Waals surface area contributed by atoms with Crippen LogP contribution in [0.4, 0.5) is 0 Å². The minimum atomic E-state index is 0.479. The van der Waals surface area contributed by atoms with Crippen molar-refractivity contribution in [1.29, 1.82) is 0 Å². The van der Waals surface area contributed by atoms with Gasteiger partial charge in [-0.25, -0.2) is 4.98 Å². The molecule has 5 nitrogen and oxygen atoms in total. The van der Waals surface area contributed by atoms with E-state index in [0.717, 1.165) is 24.2 Å². The second-order valence-corrected chi connectivity index (χ2v) is 8.03. The van der Waals surface area contributed by atoms with Crippen LogP contribution in [0.15, 0.2) is 59.1 Å². The number of hydrogen-bond donors (Lipinski definition) is 0. The molecule has 0 saturated carbocycles. The molecule has 1 saturated heterocycles. The molecule has 0 bridgehead atoms. The monoisotopic (exact) mass is 376 g/mol. The van der Waals surface area contributed by atoms with Gasteiger partial charge in [0.1, 0.15) is 0 Å². The van der Waals surface area contributed by atoms with E-state index in [1.54, 1.807) is 0 Å². The number of para-hydroxylation sites is 1. The zero-order chi connectivity index (χ0) is 18.1. The molecule has 0 spiro atoms. The third-order valence-corrected chi connectivity index (χ3v) is 6.22. The van der Waals surface area contributed by atoms with Crippen LogP contribution < -0.4 is 0 Å². The minimum Gasteiger partial charge on any atom is -0.338 e. The van der Waals surface area contributed by atoms with Crippen LogP contribution in [0.25, 0.3) is 21.6 Å². The summed E-state index contributed by atoms with van der Waals surface area (Å²) in [6, 6.07) is 18.3. The first-order valence-corrected chi connectivity index (χ1v) is 10.1. The lowest BCUT2D eigenvalue weighted by atomic mass is 9.99. The Morgan fingerprint density at radius 1 is 1.04 bits per heavy atom. The Morgan fingerprint density at radius 3 is 2.78 bits per heavy atom. The molecule has 0 aliphatic carbocycles. The van der Waals surface area contributed by atoms with E-state index in [1.165, 1.54) is 22.5 Å². The predicted molar refractivity (Wildman–Crippen MR) is 107 cm³/mol. The van der Waals surface area contributed by atoms with Crippen LogP contribution in [0.5, 0.6) is 0 Å². The Labute approximate surface area is 161 Å². The Balaban J connectivity index is 1.29. The van der Waals surface area contributed by atoms with Crippen molar-refractivity contribution in [3.8, 4) is 11.4 Å². The molecule has 3 heterocycles. The van der Waals surface area contributed by atoms with Crippen LogP contribution in [0.1, 0.15) is 29.7 Å². The lowest BCUT2D eigenvalue weighted by Gasteiger charge is -2.30. The Morgan fingerprint density at radius 2 is 1.89 bits per heavy atom. The SMILES string of the molecule is c1ccc(-c2noc(CN3CCC[C@H](c4nc5ccccc5s4)C3)n2)cc1. The van der Waals surface area contributed by atoms with E-state index in [-0.39, 0.29) is 0 Å². The van der Waals surface area contributed by atoms with E-state index >= 15 is 0 Å². The average Bonchev–Trinajstić information content (AvgIpc) is 3.36. The summed E-state index contributed by atoms with van der Waals surface area (Å²) in [6.45, 7) is 2.74. The van der Waals surface area contributed by atoms with E-state index in [1.807, 2.05) is 41.7 Å². The molecule has 1 fully saturated rings. The summed E-state index contributed by atoms with van der Waals surface area (Å²) in [4.78, 5) is 11.8. The molecule has 0 radical (unpaired) electrons. The molecular formula is C21H20N4OS. The van der Waals surface area contributed by atoms with Crippen molar-refractivity contribution in [2.24, 2.45) is 0 Å². The normalized spacial score (nSPS) is 18.1. The van der Waals surface area contributed by atoms with Crippen molar-refractivity contribution in [3.05, 3.63) is 65.5 Å². The summed E-state index contributed by atoms with van der Waals surface area (Å²) in [5, 5.41) is 5.38. The summed E-state index contributed by atoms with van der Waals surface area (Å²) < 4.78 is 6.77. The molecule has 2 aromatic carbocycles. The van der Waals surface area contributed by atoms with Crippen LogP contribution >= 0.6 is 11.3 Å². The number of hydrogen-bond acceptors (Lipinski definition) is 6. The van der Waals surface area contributed by atoms with Gasteiger partial charge in [-0.2, -0.15) is 4.98 Å². The van der Waals surface area contributed by atoms with Crippen molar-refractivity contribution in [2.45, 2.75) is 25.3 Å². The second kappa shape index (κ2) is 7.21. The van der Waals surface area contributed by atoms with Gasteiger partial charge in [0.15, 0.2) is 0 Å². The number of likely N-dealkylation sites (tertiary alicyclic amines) is 1. The minimum absolute atomic E-state index is 0.479. The molecule has 0 amide bonds. The molecule has 4 aromatic rings. The van der Waals surface area contributed by atoms with Crippen LogP contribution in [-0.4, -0.2) is 33.1 Å². The second-order valence-electron chi connectivity index (χ2n) is 6.97. The van der Waals surface area contributed by atoms with E-state index in [4.69, 9.17) is 9.51 Å². The third kappa shape index (κ3) is 3.50. The fourth-order valence-corrected chi connectivity index (χ4v) is 4.77. The topological polar surface area (TPSA) is 55.1 Å². The summed E-state index contributed by atoms with van der Waals surface area (Å²) in [5.41, 5.74) is 2.09. The van der Waals surface area contributed by atoms with Gasteiger partial charge in [-0.05, 0) is 31.5 Å². The molecule has 2 aromatic heterocycles. The predicted octanol–water partition coefficient (Wildman–Crippen LogP) is 4.73. The van der Waals surface area contributed by atoms with E-state index in [2.05, 4.69) is 39.3 Å². The molecule has 0 N–H and O–H groups in total. The van der Waals surface area contributed by atoms with Gasteiger partial charge >= 0.3 is 0 Å². The molecule has 136 valence electrons. The number of piperidine rings is 1. The first-order valence-electron chi connectivity index (χ1n) is 9.31. The van der Waals surface area contributed by atoms with E-state index < -0.39 is 0 Å². The zero-order valence-corrected chi connectivity index (χ0v) is 15.7. The Bertz CT molecular complexity index is 1010. The largest absolute Gasteiger partial charge is 0.338 e. The maximum Gasteiger partial charge on any atom is 0.241 e. The Hall–Kier alpha value is -2.57. The fraction of sp³-hybridized carbons (Fsp3) is 0.286. The first-order chi connectivity index (χ1) is 13.3. The van der Waals surface area contributed by atoms with Crippen molar-refractivity contribution in [3.63, 3.8) is 0 Å². The zero-order valence-electron chi connectivity index (χ0n) is 14.9. The molecule has 27 heavy (non-hydrogen) atoms. The smallest absolute Gasteiger partial charge is 0.241 e. The van der Waals surface area contributed by atoms with Gasteiger partial charge in [-0.3, -0.25) is 4.90 Å². The Kier molecular flexibility index (Phi) is 4.43. The van der Waals surface area contributed by atoms with Crippen LogP contribution in [0.3, 0.4) is 0 Å². The standard InChI is InChI=1S/C21H20N4OS/c1-2-7-15(8-3-1)20-23-19(26-24-20)14-25-12-6-9-16(13-25)21-22-17-10-4-5-11-18(17)27-21/h1-5,7-8,10-11,16H,6,9,12-14H2/t16-/m0/s1. The summed E-state index contributed by atoms with van der Waals surface area (Å²) in [5.74, 6) is 1.82. The van der Waals surface area contributed by atoms with Crippen molar-refractivity contribution in [2.75, 3.05) is 13.1 Å². The molecular weight excluding hydrogens is 356 g/mol. The number of aromatic nitrogens is 3. The number of nitrogens with zero attached hydrogens (tertiary/aromatic N) is 4. The number of rotatable bonds is 4. The maximum absolute atomic E-state index is 5.49. The van der Waals surface area contributed by atoms with Gasteiger partial charge < -0.3 is 4.52 Å². The highest BCUT2D eigenvalue weighted by Crippen LogP contribution is 2.33. The van der Waals surface area contributed by atoms with Crippen molar-refractivity contribution in [1.82, 2.24) is 20.0 Å². The number of thiazole rings is 1. The van der Waals surface area contributed by atoms with Crippen molar-refractivity contribution >= 4 is 21.6 Å². The lowest BCUT2D eigenvalue weighted by Crippen LogP contribution is -2.33. The summed E-state index contributed by atoms with van der Waals surface area (Å²) in [6.07, 6.45) is 2.36. The van der Waals surface area contributed by atoms with E-state index in [9.17, 15) is 0 Å². The first kappa shape index (κ1) is 16.6. The number of benzene rings is 2. The highest BCUT2D eigenvalue weighted by atomic mass is 32.1. The maximum atomic E-state index is 5.49. The fourth-order valence-electron chi connectivity index (χ4n) is 3.68. The molecule has 5 rings (SSSR count). The quantitative estimate of drug-likeness (QED) is 0.515. The molecule has 6 heteroatoms. The molecule has 1 aliphatic rings. The molecule has 1 atom stereocenters. The molecule has 0 unspecified atom stereocenters. The van der Waals surface area contributed by atoms with Gasteiger partial charge in [-0.1, -0.05) is 47.6 Å². The van der Waals surface area contributed by atoms with Gasteiger partial charge in [0, 0.05) is 18.0 Å². The third-order valence-electron chi connectivity index (χ3n) is 5.02. The van der Waals surface area contributed by atoms with Crippen molar-refractivity contribution < 1.29 is 4.52 Å². The van der Waals surface area contributed by atoms with Crippen LogP contribution in [0, 0.1) is 0 Å². The van der Waals surface area contributed by atoms with Crippen LogP contribution in [-0.2, 0) is 6.54 Å². The van der Waals surface area contributed by atoms with Gasteiger partial charge in [0.2, 0.25) is 11.7 Å². The molecule has 1 aliphatic heterocycles. The van der Waals surface area contributed by atoms with Gasteiger partial charge in [0.05, 0.1) is 21.8 Å². The number of fused-ring (bicyclic) bond motifs is 1. The van der Waals surface area contributed by atoms with Gasteiger partial charge in [-0.15, -0.1) is 11.3 Å².